The summed E-state index contributed by atoms with van der Waals surface area (Å²) in [6.45, 7) is 1.12. The normalized spacial score (nSPS) is 10.7. The minimum atomic E-state index is -0.215. The number of amides is 1. The number of H-pyrrole nitrogens is 1. The fraction of sp³-hybridized carbons (Fsp3) is 0.154. The van der Waals surface area contributed by atoms with E-state index in [0.717, 1.165) is 10.6 Å². The Hall–Kier alpha value is -2.12. The maximum Gasteiger partial charge on any atom is 0.271 e. The molecule has 0 unspecified atom stereocenters. The Morgan fingerprint density at radius 3 is 3.10 bits per heavy atom. The lowest BCUT2D eigenvalue weighted by Gasteiger charge is -2.02. The number of halogens is 1. The van der Waals surface area contributed by atoms with Gasteiger partial charge in [-0.05, 0) is 24.3 Å². The molecule has 6 nitrogen and oxygen atoms in total. The number of nitrogens with one attached hydrogen (secondary N) is 2. The molecule has 0 aliphatic rings. The number of hydrogen-bond donors (Lipinski definition) is 2. The van der Waals surface area contributed by atoms with Crippen molar-refractivity contribution in [2.75, 3.05) is 6.54 Å². The van der Waals surface area contributed by atoms with E-state index in [1.54, 1.807) is 16.9 Å². The predicted octanol–water partition coefficient (Wildman–Crippen LogP) is 2.42. The zero-order chi connectivity index (χ0) is 14.7. The van der Waals surface area contributed by atoms with Crippen LogP contribution in [0.15, 0.2) is 36.7 Å². The van der Waals surface area contributed by atoms with Crippen molar-refractivity contribution in [1.82, 2.24) is 25.3 Å². The highest BCUT2D eigenvalue weighted by molar-refractivity contribution is 7.19. The minimum Gasteiger partial charge on any atom is -0.349 e. The van der Waals surface area contributed by atoms with Gasteiger partial charge in [0.1, 0.15) is 0 Å². The lowest BCUT2D eigenvalue weighted by Crippen LogP contribution is -2.27. The van der Waals surface area contributed by atoms with E-state index < -0.39 is 0 Å². The summed E-state index contributed by atoms with van der Waals surface area (Å²) in [5.74, 6) is -0.215. The van der Waals surface area contributed by atoms with E-state index >= 15 is 0 Å². The summed E-state index contributed by atoms with van der Waals surface area (Å²) < 4.78 is 2.45. The Morgan fingerprint density at radius 2 is 2.38 bits per heavy atom. The fourth-order valence-electron chi connectivity index (χ4n) is 1.83. The second-order valence-electron chi connectivity index (χ2n) is 4.30. The monoisotopic (exact) mass is 321 g/mol. The molecule has 3 rings (SSSR count). The van der Waals surface area contributed by atoms with Gasteiger partial charge in [0.05, 0.1) is 21.5 Å². The predicted molar refractivity (Wildman–Crippen MR) is 81.5 cm³/mol. The number of carbonyl (C=O) groups is 1. The second-order valence-corrected chi connectivity index (χ2v) is 6.01. The van der Waals surface area contributed by atoms with Crippen molar-refractivity contribution in [2.45, 2.75) is 6.54 Å². The van der Waals surface area contributed by atoms with Crippen molar-refractivity contribution in [3.8, 4) is 10.6 Å². The average molecular weight is 322 g/mol. The molecule has 0 radical (unpaired) electrons. The van der Waals surface area contributed by atoms with Crippen LogP contribution in [0.5, 0.6) is 0 Å². The average Bonchev–Trinajstić information content (AvgIpc) is 3.19. The summed E-state index contributed by atoms with van der Waals surface area (Å²) in [4.78, 5) is 12.9. The molecule has 8 heteroatoms. The molecule has 0 saturated carbocycles. The summed E-state index contributed by atoms with van der Waals surface area (Å²) in [7, 11) is 0. The molecule has 0 spiro atoms. The van der Waals surface area contributed by atoms with Crippen molar-refractivity contribution >= 4 is 28.8 Å². The molecule has 21 heavy (non-hydrogen) atoms. The largest absolute Gasteiger partial charge is 0.349 e. The van der Waals surface area contributed by atoms with Crippen LogP contribution < -0.4 is 5.32 Å². The van der Waals surface area contributed by atoms with E-state index in [2.05, 4.69) is 20.6 Å². The summed E-state index contributed by atoms with van der Waals surface area (Å²) >= 11 is 7.33. The van der Waals surface area contributed by atoms with Gasteiger partial charge in [-0.3, -0.25) is 14.6 Å². The molecule has 1 amide bonds. The van der Waals surface area contributed by atoms with Crippen molar-refractivity contribution in [3.63, 3.8) is 0 Å². The minimum absolute atomic E-state index is 0.215. The third-order valence-electron chi connectivity index (χ3n) is 2.83. The first-order valence-electron chi connectivity index (χ1n) is 6.29. The number of rotatable bonds is 5. The van der Waals surface area contributed by atoms with Gasteiger partial charge in [-0.2, -0.15) is 10.2 Å². The lowest BCUT2D eigenvalue weighted by molar-refractivity contribution is 0.0947. The number of nitrogens with zero attached hydrogens (tertiary/aromatic N) is 3. The van der Waals surface area contributed by atoms with Crippen molar-refractivity contribution in [1.29, 1.82) is 0 Å². The number of hydrogen-bond acceptors (Lipinski definition) is 4. The summed E-state index contributed by atoms with van der Waals surface area (Å²) in [6.07, 6.45) is 3.55. The third-order valence-corrected chi connectivity index (χ3v) is 4.10. The van der Waals surface area contributed by atoms with E-state index in [9.17, 15) is 4.79 Å². The molecule has 0 aliphatic heterocycles. The smallest absolute Gasteiger partial charge is 0.271 e. The van der Waals surface area contributed by atoms with Gasteiger partial charge in [0.2, 0.25) is 0 Å². The third kappa shape index (κ3) is 3.32. The Kier molecular flexibility index (Phi) is 4.03. The first-order chi connectivity index (χ1) is 10.2. The van der Waals surface area contributed by atoms with E-state index in [4.69, 9.17) is 11.6 Å². The molecule has 0 bridgehead atoms. The molecule has 0 aliphatic carbocycles. The Labute approximate surface area is 129 Å². The van der Waals surface area contributed by atoms with Gasteiger partial charge in [-0.15, -0.1) is 11.3 Å². The van der Waals surface area contributed by atoms with Crippen molar-refractivity contribution in [2.24, 2.45) is 0 Å². The van der Waals surface area contributed by atoms with Crippen LogP contribution in [-0.2, 0) is 6.54 Å². The first-order valence-corrected chi connectivity index (χ1v) is 7.48. The zero-order valence-corrected chi connectivity index (χ0v) is 12.5. The van der Waals surface area contributed by atoms with Gasteiger partial charge in [-0.25, -0.2) is 0 Å². The molecule has 3 heterocycles. The van der Waals surface area contributed by atoms with Crippen LogP contribution in [0.2, 0.25) is 4.34 Å². The molecule has 2 N–H and O–H groups in total. The van der Waals surface area contributed by atoms with E-state index in [-0.39, 0.29) is 5.91 Å². The highest BCUT2D eigenvalue weighted by Crippen LogP contribution is 2.29. The Morgan fingerprint density at radius 1 is 1.48 bits per heavy atom. The lowest BCUT2D eigenvalue weighted by atomic mass is 10.3. The fourth-order valence-corrected chi connectivity index (χ4v) is 2.84. The van der Waals surface area contributed by atoms with Crippen molar-refractivity contribution in [3.05, 3.63) is 46.7 Å². The van der Waals surface area contributed by atoms with E-state index in [0.29, 0.717) is 23.1 Å². The Balaban J connectivity index is 1.59. The SMILES string of the molecule is O=C(NCCn1cccn1)c1cc(-c2ccc(Cl)s2)[nH]n1. The van der Waals surface area contributed by atoms with Crippen LogP contribution in [0.3, 0.4) is 0 Å². The molecule has 0 fully saturated rings. The summed E-state index contributed by atoms with van der Waals surface area (Å²) in [6, 6.07) is 7.26. The van der Waals surface area contributed by atoms with E-state index in [1.807, 2.05) is 24.4 Å². The highest BCUT2D eigenvalue weighted by Gasteiger charge is 2.12. The highest BCUT2D eigenvalue weighted by atomic mass is 35.5. The van der Waals surface area contributed by atoms with Crippen LogP contribution >= 0.6 is 22.9 Å². The summed E-state index contributed by atoms with van der Waals surface area (Å²) in [5.41, 5.74) is 1.14. The van der Waals surface area contributed by atoms with Gasteiger partial charge < -0.3 is 5.32 Å². The van der Waals surface area contributed by atoms with Crippen LogP contribution in [0.1, 0.15) is 10.5 Å². The Bertz CT molecular complexity index is 733. The molecular weight excluding hydrogens is 310 g/mol. The number of aromatic amines is 1. The number of thiophene rings is 1. The molecular formula is C13H12ClN5OS. The molecule has 3 aromatic heterocycles. The molecule has 3 aromatic rings. The maximum absolute atomic E-state index is 12.0. The van der Waals surface area contributed by atoms with Crippen LogP contribution in [0.4, 0.5) is 0 Å². The molecule has 108 valence electrons. The zero-order valence-electron chi connectivity index (χ0n) is 10.9. The van der Waals surface area contributed by atoms with Gasteiger partial charge in [0.15, 0.2) is 5.69 Å². The molecule has 0 aromatic carbocycles. The second kappa shape index (κ2) is 6.11. The maximum atomic E-state index is 12.0. The van der Waals surface area contributed by atoms with Gasteiger partial charge in [0.25, 0.3) is 5.91 Å². The van der Waals surface area contributed by atoms with Crippen LogP contribution in [0, 0.1) is 0 Å². The standard InChI is InChI=1S/C13H12ClN5OS/c14-12-3-2-11(21-12)9-8-10(18-17-9)13(20)15-5-7-19-6-1-4-16-19/h1-4,6,8H,5,7H2,(H,15,20)(H,17,18). The van der Waals surface area contributed by atoms with Crippen LogP contribution in [-0.4, -0.2) is 32.4 Å². The van der Waals surface area contributed by atoms with Crippen LogP contribution in [0.25, 0.3) is 10.6 Å². The first kappa shape index (κ1) is 13.8. The van der Waals surface area contributed by atoms with Gasteiger partial charge in [0, 0.05) is 18.9 Å². The molecule has 0 saturated heterocycles. The molecule has 0 atom stereocenters. The number of aromatic nitrogens is 4. The number of carbonyl (C=O) groups excluding carboxylic acids is 1. The van der Waals surface area contributed by atoms with Crippen molar-refractivity contribution < 1.29 is 4.79 Å². The van der Waals surface area contributed by atoms with Gasteiger partial charge in [-0.1, -0.05) is 11.6 Å². The summed E-state index contributed by atoms with van der Waals surface area (Å²) in [5, 5.41) is 13.7. The van der Waals surface area contributed by atoms with E-state index in [1.165, 1.54) is 11.3 Å². The van der Waals surface area contributed by atoms with Gasteiger partial charge >= 0.3 is 0 Å². The quantitative estimate of drug-likeness (QED) is 0.757. The topological polar surface area (TPSA) is 75.6 Å².